The van der Waals surface area contributed by atoms with Gasteiger partial charge < -0.3 is 0 Å². The average Bonchev–Trinajstić information content (AvgIpc) is 3.12. The van der Waals surface area contributed by atoms with Gasteiger partial charge in [-0.25, -0.2) is 21.5 Å². The van der Waals surface area contributed by atoms with Crippen LogP contribution < -0.4 is 4.72 Å². The third kappa shape index (κ3) is 4.43. The van der Waals surface area contributed by atoms with Crippen LogP contribution in [0.5, 0.6) is 0 Å². The molecule has 0 radical (unpaired) electrons. The summed E-state index contributed by atoms with van der Waals surface area (Å²) in [6, 6.07) is 14.3. The number of benzene rings is 2. The SMILES string of the molecule is Cc1cc(C)n(-c2ccccc2NS(=O)(=O)c2ccc(S(=O)(=O)N3CCCCC3)cc2)n1. The third-order valence-corrected chi connectivity index (χ3v) is 8.77. The van der Waals surface area contributed by atoms with Crippen LogP contribution in [0.4, 0.5) is 5.69 Å². The average molecular weight is 475 g/mol. The molecule has 0 spiro atoms. The summed E-state index contributed by atoms with van der Waals surface area (Å²) in [5, 5.41) is 4.44. The lowest BCUT2D eigenvalue weighted by atomic mass is 10.2. The normalized spacial score (nSPS) is 15.6. The van der Waals surface area contributed by atoms with Gasteiger partial charge in [0, 0.05) is 18.8 Å². The molecule has 0 bridgehead atoms. The number of rotatable bonds is 6. The Morgan fingerprint density at radius 3 is 2.09 bits per heavy atom. The van der Waals surface area contributed by atoms with Gasteiger partial charge in [-0.15, -0.1) is 0 Å². The molecule has 10 heteroatoms. The Labute approximate surface area is 189 Å². The Morgan fingerprint density at radius 1 is 0.844 bits per heavy atom. The van der Waals surface area contributed by atoms with Crippen molar-refractivity contribution in [3.63, 3.8) is 0 Å². The van der Waals surface area contributed by atoms with Gasteiger partial charge in [0.15, 0.2) is 0 Å². The van der Waals surface area contributed by atoms with Crippen molar-refractivity contribution in [1.82, 2.24) is 14.1 Å². The number of hydrogen-bond acceptors (Lipinski definition) is 5. The molecule has 1 aliphatic rings. The van der Waals surface area contributed by atoms with Crippen molar-refractivity contribution in [3.05, 3.63) is 66.0 Å². The molecule has 3 aromatic rings. The first-order chi connectivity index (χ1) is 15.2. The Balaban J connectivity index is 1.61. The zero-order valence-corrected chi connectivity index (χ0v) is 19.7. The first-order valence-electron chi connectivity index (χ1n) is 10.4. The first kappa shape index (κ1) is 22.5. The summed E-state index contributed by atoms with van der Waals surface area (Å²) in [5.41, 5.74) is 2.68. The second-order valence-corrected chi connectivity index (χ2v) is 11.5. The molecule has 0 unspecified atom stereocenters. The van der Waals surface area contributed by atoms with E-state index in [4.69, 9.17) is 0 Å². The maximum Gasteiger partial charge on any atom is 0.261 e. The second-order valence-electron chi connectivity index (χ2n) is 7.90. The van der Waals surface area contributed by atoms with Crippen LogP contribution in [-0.2, 0) is 20.0 Å². The number of aromatic nitrogens is 2. The number of anilines is 1. The molecule has 1 fully saturated rings. The fourth-order valence-corrected chi connectivity index (χ4v) is 6.46. The molecule has 1 saturated heterocycles. The summed E-state index contributed by atoms with van der Waals surface area (Å²) in [7, 11) is -7.56. The number of aryl methyl sites for hydroxylation is 2. The van der Waals surface area contributed by atoms with Crippen molar-refractivity contribution in [2.24, 2.45) is 0 Å². The number of hydrogen-bond donors (Lipinski definition) is 1. The summed E-state index contributed by atoms with van der Waals surface area (Å²) in [5.74, 6) is 0. The van der Waals surface area contributed by atoms with E-state index in [1.165, 1.54) is 28.6 Å². The standard InChI is InChI=1S/C22H26N4O4S2/c1-17-16-18(2)26(23-17)22-9-5-4-8-21(22)24-31(27,28)19-10-12-20(13-11-19)32(29,30)25-14-6-3-7-15-25/h4-5,8-13,16,24H,3,6-7,14-15H2,1-2H3. The fraction of sp³-hybridized carbons (Fsp3) is 0.318. The maximum absolute atomic E-state index is 13.0. The Hall–Kier alpha value is -2.69. The molecule has 1 aliphatic heterocycles. The van der Waals surface area contributed by atoms with Gasteiger partial charge in [0.1, 0.15) is 0 Å². The van der Waals surface area contributed by atoms with Crippen LogP contribution in [0.25, 0.3) is 5.69 Å². The van der Waals surface area contributed by atoms with Crippen molar-refractivity contribution in [2.75, 3.05) is 17.8 Å². The van der Waals surface area contributed by atoms with E-state index in [2.05, 4.69) is 9.82 Å². The summed E-state index contributed by atoms with van der Waals surface area (Å²) in [4.78, 5) is 0.0830. The molecule has 0 atom stereocenters. The second kappa shape index (κ2) is 8.68. The monoisotopic (exact) mass is 474 g/mol. The van der Waals surface area contributed by atoms with Gasteiger partial charge in [-0.1, -0.05) is 18.6 Å². The third-order valence-electron chi connectivity index (χ3n) is 5.47. The first-order valence-corrected chi connectivity index (χ1v) is 13.4. The predicted octanol–water partition coefficient (Wildman–Crippen LogP) is 3.46. The summed E-state index contributed by atoms with van der Waals surface area (Å²) >= 11 is 0. The van der Waals surface area contributed by atoms with Crippen LogP contribution in [0.15, 0.2) is 64.4 Å². The molecule has 1 N–H and O–H groups in total. The van der Waals surface area contributed by atoms with Crippen molar-refractivity contribution < 1.29 is 16.8 Å². The molecule has 2 aromatic carbocycles. The van der Waals surface area contributed by atoms with E-state index < -0.39 is 20.0 Å². The van der Waals surface area contributed by atoms with Crippen LogP contribution in [-0.4, -0.2) is 44.0 Å². The smallest absolute Gasteiger partial charge is 0.261 e. The summed E-state index contributed by atoms with van der Waals surface area (Å²) < 4.78 is 57.5. The Kier molecular flexibility index (Phi) is 6.11. The number of nitrogens with one attached hydrogen (secondary N) is 1. The van der Waals surface area contributed by atoms with Crippen LogP contribution in [0.2, 0.25) is 0 Å². The number of sulfonamides is 2. The van der Waals surface area contributed by atoms with Gasteiger partial charge in [0.25, 0.3) is 10.0 Å². The molecule has 0 amide bonds. The van der Waals surface area contributed by atoms with E-state index in [-0.39, 0.29) is 9.79 Å². The predicted molar refractivity (Wildman–Crippen MR) is 123 cm³/mol. The zero-order valence-electron chi connectivity index (χ0n) is 18.0. The molecule has 0 saturated carbocycles. The van der Waals surface area contributed by atoms with Gasteiger partial charge in [-0.2, -0.15) is 9.40 Å². The van der Waals surface area contributed by atoms with Crippen molar-refractivity contribution in [3.8, 4) is 5.69 Å². The molecular formula is C22H26N4O4S2. The number of para-hydroxylation sites is 2. The summed E-state index contributed by atoms with van der Waals surface area (Å²) in [6.45, 7) is 4.75. The lowest BCUT2D eigenvalue weighted by molar-refractivity contribution is 0.346. The topological polar surface area (TPSA) is 101 Å². The van der Waals surface area contributed by atoms with Crippen molar-refractivity contribution in [2.45, 2.75) is 42.9 Å². The highest BCUT2D eigenvalue weighted by atomic mass is 32.2. The Bertz CT molecular complexity index is 1320. The minimum atomic E-state index is -3.94. The molecular weight excluding hydrogens is 448 g/mol. The van der Waals surface area contributed by atoms with Crippen molar-refractivity contribution >= 4 is 25.7 Å². The highest BCUT2D eigenvalue weighted by Gasteiger charge is 2.26. The van der Waals surface area contributed by atoms with Crippen LogP contribution in [0.3, 0.4) is 0 Å². The van der Waals surface area contributed by atoms with E-state index in [9.17, 15) is 16.8 Å². The number of nitrogens with zero attached hydrogens (tertiary/aromatic N) is 3. The number of piperidine rings is 1. The highest BCUT2D eigenvalue weighted by Crippen LogP contribution is 2.26. The van der Waals surface area contributed by atoms with E-state index >= 15 is 0 Å². The van der Waals surface area contributed by atoms with Gasteiger partial charge in [-0.3, -0.25) is 4.72 Å². The van der Waals surface area contributed by atoms with Crippen LogP contribution in [0.1, 0.15) is 30.7 Å². The molecule has 170 valence electrons. The summed E-state index contributed by atoms with van der Waals surface area (Å²) in [6.07, 6.45) is 2.70. The van der Waals surface area contributed by atoms with Crippen LogP contribution >= 0.6 is 0 Å². The van der Waals surface area contributed by atoms with E-state index in [0.29, 0.717) is 24.5 Å². The maximum atomic E-state index is 13.0. The van der Waals surface area contributed by atoms with E-state index in [0.717, 1.165) is 30.7 Å². The molecule has 1 aromatic heterocycles. The minimum Gasteiger partial charge on any atom is -0.277 e. The minimum absolute atomic E-state index is 0.0155. The molecule has 4 rings (SSSR count). The molecule has 32 heavy (non-hydrogen) atoms. The quantitative estimate of drug-likeness (QED) is 0.590. The zero-order chi connectivity index (χ0) is 22.9. The lowest BCUT2D eigenvalue weighted by Gasteiger charge is -2.25. The highest BCUT2D eigenvalue weighted by molar-refractivity contribution is 7.92. The van der Waals surface area contributed by atoms with Gasteiger partial charge in [0.2, 0.25) is 10.0 Å². The Morgan fingerprint density at radius 2 is 1.47 bits per heavy atom. The molecule has 8 nitrogen and oxygen atoms in total. The van der Waals surface area contributed by atoms with Gasteiger partial charge in [-0.05, 0) is 69.2 Å². The van der Waals surface area contributed by atoms with E-state index in [1.54, 1.807) is 22.9 Å². The molecule has 2 heterocycles. The van der Waals surface area contributed by atoms with Crippen molar-refractivity contribution in [1.29, 1.82) is 0 Å². The van der Waals surface area contributed by atoms with Crippen LogP contribution in [0, 0.1) is 13.8 Å². The van der Waals surface area contributed by atoms with E-state index in [1.807, 2.05) is 26.0 Å². The van der Waals surface area contributed by atoms with Gasteiger partial charge >= 0.3 is 0 Å². The van der Waals surface area contributed by atoms with Gasteiger partial charge in [0.05, 0.1) is 26.9 Å². The molecule has 0 aliphatic carbocycles. The largest absolute Gasteiger partial charge is 0.277 e. The lowest BCUT2D eigenvalue weighted by Crippen LogP contribution is -2.35. The fourth-order valence-electron chi connectivity index (χ4n) is 3.87.